The molecule has 2 aromatic rings. The van der Waals surface area contributed by atoms with E-state index in [-0.39, 0.29) is 0 Å². The van der Waals surface area contributed by atoms with Crippen LogP contribution in [0.2, 0.25) is 0 Å². The minimum atomic E-state index is 0.424. The third kappa shape index (κ3) is 3.62. The Morgan fingerprint density at radius 2 is 1.62 bits per heavy atom. The van der Waals surface area contributed by atoms with Gasteiger partial charge < -0.3 is 19.9 Å². The van der Waals surface area contributed by atoms with Gasteiger partial charge in [0.1, 0.15) is 23.0 Å². The van der Waals surface area contributed by atoms with Crippen molar-refractivity contribution in [3.8, 4) is 23.0 Å². The maximum atomic E-state index is 5.97. The average molecular weight is 305 g/mol. The van der Waals surface area contributed by atoms with E-state index in [1.54, 1.807) is 32.0 Å². The molecule has 0 aliphatic rings. The first-order valence-electron chi connectivity index (χ1n) is 6.48. The van der Waals surface area contributed by atoms with E-state index in [0.29, 0.717) is 23.8 Å². The highest BCUT2D eigenvalue weighted by Gasteiger charge is 2.10. The van der Waals surface area contributed by atoms with E-state index in [2.05, 4.69) is 0 Å². The van der Waals surface area contributed by atoms with Crippen molar-refractivity contribution in [1.29, 1.82) is 0 Å². The van der Waals surface area contributed by atoms with Crippen LogP contribution < -0.4 is 19.9 Å². The Kier molecular flexibility index (Phi) is 5.36. The molecule has 5 heteroatoms. The maximum Gasteiger partial charge on any atom is 0.134 e. The highest BCUT2D eigenvalue weighted by atomic mass is 32.2. The molecule has 21 heavy (non-hydrogen) atoms. The molecule has 0 bridgehead atoms. The molecule has 2 N–H and O–H groups in total. The zero-order chi connectivity index (χ0) is 15.2. The summed E-state index contributed by atoms with van der Waals surface area (Å²) in [6.45, 7) is 0.424. The van der Waals surface area contributed by atoms with Crippen molar-refractivity contribution in [2.75, 3.05) is 20.5 Å². The number of thioether (sulfide) groups is 1. The average Bonchev–Trinajstić information content (AvgIpc) is 2.54. The molecule has 0 heterocycles. The second kappa shape index (κ2) is 7.24. The van der Waals surface area contributed by atoms with Crippen LogP contribution in [0.5, 0.6) is 23.0 Å². The maximum absolute atomic E-state index is 5.97. The van der Waals surface area contributed by atoms with Crippen LogP contribution in [0.25, 0.3) is 0 Å². The molecule has 0 aliphatic heterocycles. The first-order chi connectivity index (χ1) is 10.2. The van der Waals surface area contributed by atoms with Crippen molar-refractivity contribution in [3.63, 3.8) is 0 Å². The molecular formula is C16H19NO3S. The third-order valence-corrected chi connectivity index (χ3v) is 3.89. The molecule has 0 aliphatic carbocycles. The number of rotatable bonds is 6. The zero-order valence-electron chi connectivity index (χ0n) is 12.4. The fraction of sp³-hybridized carbons (Fsp3) is 0.250. The van der Waals surface area contributed by atoms with E-state index in [0.717, 1.165) is 16.2 Å². The predicted octanol–water partition coefficient (Wildman–Crippen LogP) is 3.68. The van der Waals surface area contributed by atoms with E-state index in [9.17, 15) is 0 Å². The molecule has 2 aromatic carbocycles. The van der Waals surface area contributed by atoms with Crippen molar-refractivity contribution in [1.82, 2.24) is 0 Å². The van der Waals surface area contributed by atoms with E-state index in [4.69, 9.17) is 19.9 Å². The highest BCUT2D eigenvalue weighted by Crippen LogP contribution is 2.35. The van der Waals surface area contributed by atoms with Crippen LogP contribution in [-0.2, 0) is 6.54 Å². The molecule has 0 fully saturated rings. The van der Waals surface area contributed by atoms with Crippen molar-refractivity contribution in [2.24, 2.45) is 5.73 Å². The summed E-state index contributed by atoms with van der Waals surface area (Å²) in [6, 6.07) is 11.3. The van der Waals surface area contributed by atoms with Gasteiger partial charge in [0.25, 0.3) is 0 Å². The fourth-order valence-corrected chi connectivity index (χ4v) is 2.65. The van der Waals surface area contributed by atoms with Crippen molar-refractivity contribution in [2.45, 2.75) is 11.4 Å². The van der Waals surface area contributed by atoms with Crippen LogP contribution in [0, 0.1) is 0 Å². The lowest BCUT2D eigenvalue weighted by molar-refractivity contribution is 0.386. The SMILES string of the molecule is COc1cc(OC)cc(Oc2cccc(SC)c2CN)c1. The summed E-state index contributed by atoms with van der Waals surface area (Å²) < 4.78 is 16.5. The van der Waals surface area contributed by atoms with Crippen LogP contribution in [0.1, 0.15) is 5.56 Å². The summed E-state index contributed by atoms with van der Waals surface area (Å²) in [5, 5.41) is 0. The Hall–Kier alpha value is -1.85. The largest absolute Gasteiger partial charge is 0.496 e. The second-order valence-electron chi connectivity index (χ2n) is 4.29. The van der Waals surface area contributed by atoms with Gasteiger partial charge in [0.15, 0.2) is 0 Å². The molecule has 0 spiro atoms. The molecule has 0 radical (unpaired) electrons. The van der Waals surface area contributed by atoms with E-state index in [1.807, 2.05) is 36.6 Å². The second-order valence-corrected chi connectivity index (χ2v) is 5.14. The van der Waals surface area contributed by atoms with E-state index in [1.165, 1.54) is 0 Å². The predicted molar refractivity (Wildman–Crippen MR) is 85.7 cm³/mol. The number of hydrogen-bond donors (Lipinski definition) is 1. The Morgan fingerprint density at radius 3 is 2.14 bits per heavy atom. The minimum absolute atomic E-state index is 0.424. The Balaban J connectivity index is 2.38. The normalized spacial score (nSPS) is 10.3. The first kappa shape index (κ1) is 15.5. The van der Waals surface area contributed by atoms with Gasteiger partial charge in [-0.05, 0) is 18.4 Å². The van der Waals surface area contributed by atoms with Gasteiger partial charge >= 0.3 is 0 Å². The van der Waals surface area contributed by atoms with E-state index >= 15 is 0 Å². The lowest BCUT2D eigenvalue weighted by atomic mass is 10.2. The summed E-state index contributed by atoms with van der Waals surface area (Å²) >= 11 is 1.65. The molecule has 0 saturated heterocycles. The van der Waals surface area contributed by atoms with Crippen molar-refractivity contribution >= 4 is 11.8 Å². The van der Waals surface area contributed by atoms with Gasteiger partial charge in [0, 0.05) is 35.2 Å². The van der Waals surface area contributed by atoms with Crippen LogP contribution in [0.15, 0.2) is 41.3 Å². The Labute approximate surface area is 129 Å². The highest BCUT2D eigenvalue weighted by molar-refractivity contribution is 7.98. The van der Waals surface area contributed by atoms with Gasteiger partial charge in [-0.3, -0.25) is 0 Å². The van der Waals surface area contributed by atoms with Crippen LogP contribution in [0.4, 0.5) is 0 Å². The first-order valence-corrected chi connectivity index (χ1v) is 7.71. The molecule has 112 valence electrons. The molecule has 0 unspecified atom stereocenters. The van der Waals surface area contributed by atoms with E-state index < -0.39 is 0 Å². The van der Waals surface area contributed by atoms with Gasteiger partial charge in [0.2, 0.25) is 0 Å². The Bertz CT molecular complexity index is 594. The molecule has 0 saturated carbocycles. The summed E-state index contributed by atoms with van der Waals surface area (Å²) in [7, 11) is 3.22. The van der Waals surface area contributed by atoms with Gasteiger partial charge in [-0.25, -0.2) is 0 Å². The molecule has 0 aromatic heterocycles. The van der Waals surface area contributed by atoms with Crippen molar-refractivity contribution in [3.05, 3.63) is 42.0 Å². The summed E-state index contributed by atoms with van der Waals surface area (Å²) in [4.78, 5) is 1.12. The summed E-state index contributed by atoms with van der Waals surface area (Å²) in [5.74, 6) is 2.76. The van der Waals surface area contributed by atoms with Crippen LogP contribution in [0.3, 0.4) is 0 Å². The molecule has 0 amide bonds. The quantitative estimate of drug-likeness (QED) is 0.825. The van der Waals surface area contributed by atoms with Gasteiger partial charge in [-0.15, -0.1) is 11.8 Å². The lowest BCUT2D eigenvalue weighted by Crippen LogP contribution is -2.01. The number of benzene rings is 2. The summed E-state index contributed by atoms with van der Waals surface area (Å²) in [5.41, 5.74) is 6.84. The van der Waals surface area contributed by atoms with Crippen LogP contribution in [-0.4, -0.2) is 20.5 Å². The monoisotopic (exact) mass is 305 g/mol. The van der Waals surface area contributed by atoms with Gasteiger partial charge in [-0.1, -0.05) is 6.07 Å². The zero-order valence-corrected chi connectivity index (χ0v) is 13.2. The number of methoxy groups -OCH3 is 2. The Morgan fingerprint density at radius 1 is 1.00 bits per heavy atom. The lowest BCUT2D eigenvalue weighted by Gasteiger charge is -2.14. The van der Waals surface area contributed by atoms with Crippen molar-refractivity contribution < 1.29 is 14.2 Å². The standard InChI is InChI=1S/C16H19NO3S/c1-18-11-7-12(19-2)9-13(8-11)20-15-5-4-6-16(21-3)14(15)10-17/h4-9H,10,17H2,1-3H3. The number of nitrogens with two attached hydrogens (primary N) is 1. The number of ether oxygens (including phenoxy) is 3. The molecule has 2 rings (SSSR count). The third-order valence-electron chi connectivity index (χ3n) is 3.07. The number of hydrogen-bond acceptors (Lipinski definition) is 5. The summed E-state index contributed by atoms with van der Waals surface area (Å²) in [6.07, 6.45) is 2.02. The fourth-order valence-electron chi connectivity index (χ4n) is 2.00. The smallest absolute Gasteiger partial charge is 0.134 e. The van der Waals surface area contributed by atoms with Gasteiger partial charge in [-0.2, -0.15) is 0 Å². The minimum Gasteiger partial charge on any atom is -0.496 e. The van der Waals surface area contributed by atoms with Crippen LogP contribution >= 0.6 is 11.8 Å². The topological polar surface area (TPSA) is 53.7 Å². The van der Waals surface area contributed by atoms with Gasteiger partial charge in [0.05, 0.1) is 14.2 Å². The molecular weight excluding hydrogens is 286 g/mol. The molecule has 0 atom stereocenters. The molecule has 4 nitrogen and oxygen atoms in total.